The van der Waals surface area contributed by atoms with Crippen molar-refractivity contribution in [3.8, 4) is 11.5 Å². The van der Waals surface area contributed by atoms with Gasteiger partial charge in [0.15, 0.2) is 11.5 Å². The number of carbonyl (C=O) groups is 1. The molecule has 0 saturated heterocycles. The fourth-order valence-electron chi connectivity index (χ4n) is 4.10. The zero-order valence-electron chi connectivity index (χ0n) is 19.1. The summed E-state index contributed by atoms with van der Waals surface area (Å²) < 4.78 is 12.2. The van der Waals surface area contributed by atoms with Crippen LogP contribution in [0.5, 0.6) is 11.5 Å². The quantitative estimate of drug-likeness (QED) is 0.409. The number of aromatic nitrogens is 3. The molecular weight excluding hydrogens is 420 g/mol. The van der Waals surface area contributed by atoms with Gasteiger partial charge in [-0.25, -0.2) is 4.98 Å². The summed E-state index contributed by atoms with van der Waals surface area (Å²) in [7, 11) is 3.07. The molecule has 0 atom stereocenters. The number of methoxy groups -OCH3 is 2. The van der Waals surface area contributed by atoms with Crippen molar-refractivity contribution in [3.05, 3.63) is 64.3 Å². The SMILES string of the molecule is COc1cc2nc(C)n(CCNC(=O)CCCc3c[nH]c4ccccc34)c(=O)c2cc1OC. The Labute approximate surface area is 191 Å². The number of hydrogen-bond donors (Lipinski definition) is 2. The molecule has 8 heteroatoms. The molecule has 0 fully saturated rings. The number of hydrogen-bond acceptors (Lipinski definition) is 5. The first-order chi connectivity index (χ1) is 16.0. The minimum Gasteiger partial charge on any atom is -0.493 e. The Hall–Kier alpha value is -3.81. The number of H-pyrrole nitrogens is 1. The van der Waals surface area contributed by atoms with Crippen molar-refractivity contribution in [1.29, 1.82) is 0 Å². The Morgan fingerprint density at radius 2 is 1.88 bits per heavy atom. The molecule has 33 heavy (non-hydrogen) atoms. The van der Waals surface area contributed by atoms with Gasteiger partial charge in [-0.05, 0) is 37.5 Å². The molecule has 0 aliphatic carbocycles. The fraction of sp³-hybridized carbons (Fsp3) is 0.320. The minimum atomic E-state index is -0.174. The molecule has 0 saturated carbocycles. The first-order valence-electron chi connectivity index (χ1n) is 11.0. The molecule has 2 aromatic carbocycles. The van der Waals surface area contributed by atoms with Crippen LogP contribution < -0.4 is 20.3 Å². The zero-order valence-corrected chi connectivity index (χ0v) is 19.1. The molecule has 1 amide bonds. The van der Waals surface area contributed by atoms with Gasteiger partial charge in [-0.15, -0.1) is 0 Å². The van der Waals surface area contributed by atoms with Crippen LogP contribution in [0.15, 0.2) is 47.4 Å². The van der Waals surface area contributed by atoms with E-state index >= 15 is 0 Å². The summed E-state index contributed by atoms with van der Waals surface area (Å²) in [5, 5.41) is 4.56. The number of aromatic amines is 1. The molecule has 0 spiro atoms. The summed E-state index contributed by atoms with van der Waals surface area (Å²) in [5.41, 5.74) is 2.70. The summed E-state index contributed by atoms with van der Waals surface area (Å²) in [6.45, 7) is 2.48. The van der Waals surface area contributed by atoms with Gasteiger partial charge in [-0.3, -0.25) is 14.2 Å². The van der Waals surface area contributed by atoms with Gasteiger partial charge in [-0.1, -0.05) is 18.2 Å². The molecule has 2 N–H and O–H groups in total. The van der Waals surface area contributed by atoms with Crippen LogP contribution >= 0.6 is 0 Å². The van der Waals surface area contributed by atoms with Crippen molar-refractivity contribution in [2.45, 2.75) is 32.7 Å². The average molecular weight is 449 g/mol. The van der Waals surface area contributed by atoms with Crippen molar-refractivity contribution in [1.82, 2.24) is 19.9 Å². The average Bonchev–Trinajstić information content (AvgIpc) is 3.23. The number of ether oxygens (including phenoxy) is 2. The number of nitrogens with zero attached hydrogens (tertiary/aromatic N) is 2. The monoisotopic (exact) mass is 448 g/mol. The number of benzene rings is 2. The molecule has 2 heterocycles. The van der Waals surface area contributed by atoms with Gasteiger partial charge in [0, 0.05) is 42.7 Å². The molecule has 0 aliphatic heterocycles. The first kappa shape index (κ1) is 22.4. The summed E-state index contributed by atoms with van der Waals surface area (Å²) in [6, 6.07) is 11.5. The number of nitrogens with one attached hydrogen (secondary N) is 2. The second-order valence-electron chi connectivity index (χ2n) is 7.90. The number of para-hydroxylation sites is 1. The maximum Gasteiger partial charge on any atom is 0.261 e. The van der Waals surface area contributed by atoms with E-state index in [9.17, 15) is 9.59 Å². The van der Waals surface area contributed by atoms with Gasteiger partial charge in [0.1, 0.15) is 5.82 Å². The molecule has 4 rings (SSSR count). The van der Waals surface area contributed by atoms with Crippen molar-refractivity contribution in [3.63, 3.8) is 0 Å². The van der Waals surface area contributed by atoms with Gasteiger partial charge in [-0.2, -0.15) is 0 Å². The van der Waals surface area contributed by atoms with E-state index in [4.69, 9.17) is 9.47 Å². The molecule has 4 aromatic rings. The summed E-state index contributed by atoms with van der Waals surface area (Å²) in [4.78, 5) is 33.1. The van der Waals surface area contributed by atoms with E-state index in [0.717, 1.165) is 18.4 Å². The Bertz CT molecular complexity index is 1360. The standard InChI is InChI=1S/C25H28N4O4/c1-16-28-21-14-23(33-3)22(32-2)13-19(21)25(31)29(16)12-11-26-24(30)10-6-7-17-15-27-20-9-5-4-8-18(17)20/h4-5,8-9,13-15,27H,6-7,10-12H2,1-3H3,(H,26,30). The normalized spacial score (nSPS) is 11.1. The largest absolute Gasteiger partial charge is 0.493 e. The van der Waals surface area contributed by atoms with E-state index in [1.807, 2.05) is 24.4 Å². The molecule has 0 aliphatic rings. The smallest absolute Gasteiger partial charge is 0.261 e. The third-order valence-corrected chi connectivity index (χ3v) is 5.83. The van der Waals surface area contributed by atoms with Crippen LogP contribution in [-0.4, -0.2) is 41.2 Å². The molecule has 0 unspecified atom stereocenters. The predicted molar refractivity (Wildman–Crippen MR) is 128 cm³/mol. The molecule has 0 bridgehead atoms. The minimum absolute atomic E-state index is 0.0271. The van der Waals surface area contributed by atoms with Crippen LogP contribution in [0.1, 0.15) is 24.2 Å². The highest BCUT2D eigenvalue weighted by molar-refractivity contribution is 5.83. The maximum absolute atomic E-state index is 13.0. The van der Waals surface area contributed by atoms with E-state index in [1.54, 1.807) is 30.7 Å². The lowest BCUT2D eigenvalue weighted by Crippen LogP contribution is -2.32. The number of amides is 1. The number of carbonyl (C=O) groups excluding carboxylic acids is 1. The third kappa shape index (κ3) is 4.69. The predicted octanol–water partition coefficient (Wildman–Crippen LogP) is 3.34. The van der Waals surface area contributed by atoms with Crippen molar-refractivity contribution in [2.24, 2.45) is 0 Å². The van der Waals surface area contributed by atoms with E-state index in [-0.39, 0.29) is 11.5 Å². The Morgan fingerprint density at radius 3 is 2.67 bits per heavy atom. The second-order valence-corrected chi connectivity index (χ2v) is 7.90. The van der Waals surface area contributed by atoms with Crippen molar-refractivity contribution in [2.75, 3.05) is 20.8 Å². The van der Waals surface area contributed by atoms with E-state index < -0.39 is 0 Å². The van der Waals surface area contributed by atoms with Crippen molar-refractivity contribution >= 4 is 27.7 Å². The van der Waals surface area contributed by atoms with Crippen molar-refractivity contribution < 1.29 is 14.3 Å². The van der Waals surface area contributed by atoms with Gasteiger partial charge in [0.25, 0.3) is 5.56 Å². The van der Waals surface area contributed by atoms with Crippen LogP contribution in [0.25, 0.3) is 21.8 Å². The summed E-state index contributed by atoms with van der Waals surface area (Å²) in [5.74, 6) is 1.55. The maximum atomic E-state index is 13.0. The highest BCUT2D eigenvalue weighted by Crippen LogP contribution is 2.30. The summed E-state index contributed by atoms with van der Waals surface area (Å²) >= 11 is 0. The highest BCUT2D eigenvalue weighted by Gasteiger charge is 2.13. The van der Waals surface area contributed by atoms with Gasteiger partial charge in [0.05, 0.1) is 25.1 Å². The van der Waals surface area contributed by atoms with Crippen LogP contribution in [0, 0.1) is 6.92 Å². The molecular formula is C25H28N4O4. The van der Waals surface area contributed by atoms with Crippen LogP contribution in [0.2, 0.25) is 0 Å². The fourth-order valence-corrected chi connectivity index (χ4v) is 4.10. The van der Waals surface area contributed by atoms with Gasteiger partial charge in [0.2, 0.25) is 5.91 Å². The topological polar surface area (TPSA) is 98.2 Å². The lowest BCUT2D eigenvalue weighted by atomic mass is 10.1. The number of aryl methyl sites for hydroxylation is 2. The van der Waals surface area contributed by atoms with E-state index in [1.165, 1.54) is 18.1 Å². The number of rotatable bonds is 9. The van der Waals surface area contributed by atoms with Crippen LogP contribution in [-0.2, 0) is 17.8 Å². The highest BCUT2D eigenvalue weighted by atomic mass is 16.5. The van der Waals surface area contributed by atoms with E-state index in [0.29, 0.717) is 47.7 Å². The molecule has 8 nitrogen and oxygen atoms in total. The molecule has 0 radical (unpaired) electrons. The third-order valence-electron chi connectivity index (χ3n) is 5.83. The lowest BCUT2D eigenvalue weighted by molar-refractivity contribution is -0.121. The van der Waals surface area contributed by atoms with Gasteiger partial charge < -0.3 is 19.8 Å². The lowest BCUT2D eigenvalue weighted by Gasteiger charge is -2.13. The Morgan fingerprint density at radius 1 is 1.12 bits per heavy atom. The summed E-state index contributed by atoms with van der Waals surface area (Å²) in [6.07, 6.45) is 4.02. The Kier molecular flexibility index (Phi) is 6.63. The van der Waals surface area contributed by atoms with Crippen LogP contribution in [0.3, 0.4) is 0 Å². The van der Waals surface area contributed by atoms with Crippen LogP contribution in [0.4, 0.5) is 0 Å². The van der Waals surface area contributed by atoms with Gasteiger partial charge >= 0.3 is 0 Å². The van der Waals surface area contributed by atoms with E-state index in [2.05, 4.69) is 21.4 Å². The molecule has 2 aromatic heterocycles. The second kappa shape index (κ2) is 9.77. The Balaban J connectivity index is 1.35. The number of fused-ring (bicyclic) bond motifs is 2. The molecule has 172 valence electrons. The zero-order chi connectivity index (χ0) is 23.4. The first-order valence-corrected chi connectivity index (χ1v) is 11.0.